The Morgan fingerprint density at radius 2 is 1.00 bits per heavy atom. The third kappa shape index (κ3) is 3.31. The molecule has 190 valence electrons. The fourth-order valence-corrected chi connectivity index (χ4v) is 6.22. The predicted octanol–water partition coefficient (Wildman–Crippen LogP) is 9.67. The van der Waals surface area contributed by atoms with Crippen LogP contribution in [0, 0.1) is 0 Å². The first-order valence-electron chi connectivity index (χ1n) is 13.7. The van der Waals surface area contributed by atoms with Crippen molar-refractivity contribution in [3.8, 4) is 34.2 Å². The molecule has 2 heterocycles. The molecule has 0 N–H and O–H groups in total. The number of hydrogen-bond donors (Lipinski definition) is 0. The zero-order valence-electron chi connectivity index (χ0n) is 21.9. The van der Waals surface area contributed by atoms with E-state index < -0.39 is 0 Å². The highest BCUT2D eigenvalue weighted by atomic mass is 16.3. The summed E-state index contributed by atoms with van der Waals surface area (Å²) in [6.07, 6.45) is 0. The van der Waals surface area contributed by atoms with Crippen molar-refractivity contribution in [3.05, 3.63) is 127 Å². The number of fused-ring (bicyclic) bond motifs is 3. The molecule has 0 aliphatic carbocycles. The van der Waals surface area contributed by atoms with E-state index >= 15 is 0 Å². The molecule has 4 heteroatoms. The van der Waals surface area contributed by atoms with E-state index in [1.807, 2.05) is 60.7 Å². The maximum atomic E-state index is 6.20. The van der Waals surface area contributed by atoms with E-state index in [1.165, 1.54) is 26.9 Å². The molecular formula is C37H21N3O. The second-order valence-corrected chi connectivity index (χ2v) is 10.4. The second-order valence-electron chi connectivity index (χ2n) is 10.4. The summed E-state index contributed by atoms with van der Waals surface area (Å²) < 4.78 is 6.20. The molecule has 0 radical (unpaired) electrons. The van der Waals surface area contributed by atoms with E-state index in [2.05, 4.69) is 66.7 Å². The van der Waals surface area contributed by atoms with Gasteiger partial charge in [-0.1, -0.05) is 109 Å². The molecule has 7 aromatic carbocycles. The van der Waals surface area contributed by atoms with Gasteiger partial charge in [-0.05, 0) is 50.5 Å². The Labute approximate surface area is 234 Å². The van der Waals surface area contributed by atoms with Crippen LogP contribution in [0.4, 0.5) is 0 Å². The summed E-state index contributed by atoms with van der Waals surface area (Å²) in [6, 6.07) is 43.9. The van der Waals surface area contributed by atoms with E-state index in [-0.39, 0.29) is 0 Å². The van der Waals surface area contributed by atoms with Crippen molar-refractivity contribution >= 4 is 54.3 Å². The Morgan fingerprint density at radius 1 is 0.366 bits per heavy atom. The first kappa shape index (κ1) is 22.2. The molecule has 0 amide bonds. The molecule has 0 saturated carbocycles. The van der Waals surface area contributed by atoms with Crippen LogP contribution < -0.4 is 0 Å². The fraction of sp³-hybridized carbons (Fsp3) is 0. The van der Waals surface area contributed by atoms with Crippen molar-refractivity contribution in [3.63, 3.8) is 0 Å². The fourth-order valence-electron chi connectivity index (χ4n) is 6.22. The van der Waals surface area contributed by atoms with Gasteiger partial charge in [-0.2, -0.15) is 0 Å². The van der Waals surface area contributed by atoms with Crippen LogP contribution in [-0.4, -0.2) is 15.0 Å². The summed E-state index contributed by atoms with van der Waals surface area (Å²) in [5.74, 6) is 1.91. The highest BCUT2D eigenvalue weighted by Gasteiger charge is 2.19. The minimum absolute atomic E-state index is 0.622. The van der Waals surface area contributed by atoms with Crippen LogP contribution in [0.25, 0.3) is 88.4 Å². The number of hydrogen-bond acceptors (Lipinski definition) is 4. The van der Waals surface area contributed by atoms with E-state index in [0.717, 1.165) is 44.0 Å². The van der Waals surface area contributed by atoms with Crippen molar-refractivity contribution in [1.29, 1.82) is 0 Å². The molecule has 0 aliphatic rings. The van der Waals surface area contributed by atoms with Gasteiger partial charge in [0.2, 0.25) is 0 Å². The van der Waals surface area contributed by atoms with Gasteiger partial charge in [0, 0.05) is 27.5 Å². The maximum absolute atomic E-state index is 6.20. The Morgan fingerprint density at radius 3 is 1.85 bits per heavy atom. The zero-order chi connectivity index (χ0) is 26.9. The maximum Gasteiger partial charge on any atom is 0.164 e. The zero-order valence-corrected chi connectivity index (χ0v) is 21.9. The van der Waals surface area contributed by atoms with Crippen LogP contribution in [0.2, 0.25) is 0 Å². The van der Waals surface area contributed by atoms with Crippen molar-refractivity contribution in [2.24, 2.45) is 0 Å². The lowest BCUT2D eigenvalue weighted by Gasteiger charge is -2.14. The Hall–Kier alpha value is -5.61. The predicted molar refractivity (Wildman–Crippen MR) is 167 cm³/mol. The molecule has 0 atom stereocenters. The number of rotatable bonds is 3. The molecule has 0 fully saturated rings. The molecule has 0 spiro atoms. The molecule has 2 aromatic heterocycles. The summed E-state index contributed by atoms with van der Waals surface area (Å²) in [5.41, 5.74) is 4.51. The smallest absolute Gasteiger partial charge is 0.164 e. The highest BCUT2D eigenvalue weighted by Crippen LogP contribution is 2.40. The van der Waals surface area contributed by atoms with Crippen molar-refractivity contribution < 1.29 is 4.42 Å². The number of benzene rings is 7. The number of para-hydroxylation sites is 1. The SMILES string of the molecule is c1ccc(-c2nc(-c3ccc4ccc5cccc6ccc3c4c56)nc(-c3cccc4oc5ccccc5c34)n2)cc1. The molecule has 9 aromatic rings. The van der Waals surface area contributed by atoms with Gasteiger partial charge in [0.15, 0.2) is 17.5 Å². The number of furan rings is 1. The quantitative estimate of drug-likeness (QED) is 0.216. The van der Waals surface area contributed by atoms with Gasteiger partial charge >= 0.3 is 0 Å². The first-order chi connectivity index (χ1) is 20.3. The Kier molecular flexibility index (Phi) is 4.58. The molecule has 0 aliphatic heterocycles. The summed E-state index contributed by atoms with van der Waals surface area (Å²) in [5, 5.41) is 9.38. The van der Waals surface area contributed by atoms with E-state index in [4.69, 9.17) is 19.4 Å². The lowest BCUT2D eigenvalue weighted by Crippen LogP contribution is -2.01. The molecule has 0 unspecified atom stereocenters. The topological polar surface area (TPSA) is 51.8 Å². The van der Waals surface area contributed by atoms with Crippen LogP contribution in [0.15, 0.2) is 132 Å². The van der Waals surface area contributed by atoms with Gasteiger partial charge in [0.1, 0.15) is 11.2 Å². The third-order valence-electron chi connectivity index (χ3n) is 8.08. The van der Waals surface area contributed by atoms with Gasteiger partial charge in [-0.15, -0.1) is 0 Å². The monoisotopic (exact) mass is 523 g/mol. The first-order valence-corrected chi connectivity index (χ1v) is 13.7. The third-order valence-corrected chi connectivity index (χ3v) is 8.08. The largest absolute Gasteiger partial charge is 0.456 e. The molecule has 4 nitrogen and oxygen atoms in total. The molecule has 0 bridgehead atoms. The summed E-state index contributed by atoms with van der Waals surface area (Å²) in [6.45, 7) is 0. The standard InChI is InChI=1S/C37H21N3O/c1-2-8-25(9-3-1)35-38-36(27-21-19-24-17-16-22-10-6-11-23-18-20-26(27)33(24)32(22)23)40-37(39-35)29-13-7-15-31-34(29)28-12-4-5-14-30(28)41-31/h1-21H. The molecule has 9 rings (SSSR count). The summed E-state index contributed by atoms with van der Waals surface area (Å²) in [4.78, 5) is 15.3. The summed E-state index contributed by atoms with van der Waals surface area (Å²) >= 11 is 0. The van der Waals surface area contributed by atoms with Crippen LogP contribution in [0.5, 0.6) is 0 Å². The number of nitrogens with zero attached hydrogens (tertiary/aromatic N) is 3. The highest BCUT2D eigenvalue weighted by molar-refractivity contribution is 6.25. The van der Waals surface area contributed by atoms with Gasteiger partial charge < -0.3 is 4.42 Å². The van der Waals surface area contributed by atoms with Crippen LogP contribution in [0.1, 0.15) is 0 Å². The molecule has 0 saturated heterocycles. The molecular weight excluding hydrogens is 502 g/mol. The lowest BCUT2D eigenvalue weighted by atomic mass is 9.92. The van der Waals surface area contributed by atoms with Crippen molar-refractivity contribution in [2.75, 3.05) is 0 Å². The Balaban J connectivity index is 1.37. The summed E-state index contributed by atoms with van der Waals surface area (Å²) in [7, 11) is 0. The van der Waals surface area contributed by atoms with Crippen LogP contribution in [-0.2, 0) is 0 Å². The normalized spacial score (nSPS) is 11.9. The minimum Gasteiger partial charge on any atom is -0.456 e. The van der Waals surface area contributed by atoms with Gasteiger partial charge in [-0.3, -0.25) is 0 Å². The lowest BCUT2D eigenvalue weighted by molar-refractivity contribution is 0.669. The van der Waals surface area contributed by atoms with Crippen LogP contribution >= 0.6 is 0 Å². The van der Waals surface area contributed by atoms with Gasteiger partial charge in [-0.25, -0.2) is 15.0 Å². The van der Waals surface area contributed by atoms with Gasteiger partial charge in [0.25, 0.3) is 0 Å². The van der Waals surface area contributed by atoms with Crippen molar-refractivity contribution in [2.45, 2.75) is 0 Å². The van der Waals surface area contributed by atoms with E-state index in [9.17, 15) is 0 Å². The van der Waals surface area contributed by atoms with Crippen molar-refractivity contribution in [1.82, 2.24) is 15.0 Å². The van der Waals surface area contributed by atoms with E-state index in [0.29, 0.717) is 17.5 Å². The number of aromatic nitrogens is 3. The minimum atomic E-state index is 0.622. The average molecular weight is 524 g/mol. The van der Waals surface area contributed by atoms with Gasteiger partial charge in [0.05, 0.1) is 0 Å². The van der Waals surface area contributed by atoms with Crippen LogP contribution in [0.3, 0.4) is 0 Å². The Bertz CT molecular complexity index is 2410. The average Bonchev–Trinajstić information content (AvgIpc) is 3.43. The van der Waals surface area contributed by atoms with E-state index in [1.54, 1.807) is 0 Å². The second kappa shape index (κ2) is 8.44. The molecule has 41 heavy (non-hydrogen) atoms.